The second-order valence-corrected chi connectivity index (χ2v) is 4.45. The highest BCUT2D eigenvalue weighted by atomic mass is 16.5. The summed E-state index contributed by atoms with van der Waals surface area (Å²) >= 11 is 0. The van der Waals surface area contributed by atoms with Crippen molar-refractivity contribution in [2.45, 2.75) is 26.2 Å². The van der Waals surface area contributed by atoms with Gasteiger partial charge in [-0.25, -0.2) is 4.79 Å². The monoisotopic (exact) mass is 223 g/mol. The predicted octanol–water partition coefficient (Wildman–Crippen LogP) is 2.28. The van der Waals surface area contributed by atoms with E-state index in [0.29, 0.717) is 12.4 Å². The van der Waals surface area contributed by atoms with Gasteiger partial charge < -0.3 is 9.84 Å². The number of urea groups is 1. The van der Waals surface area contributed by atoms with Crippen molar-refractivity contribution in [3.8, 4) is 0 Å². The standard InChI is InChI=1S/C11H17N3O2/c1-5-6-12-10(15)13-9-7-8(16-14-9)11(2,3)4/h5,7H,1,6H2,2-4H3,(H2,12,13,14,15). The summed E-state index contributed by atoms with van der Waals surface area (Å²) in [6.45, 7) is 9.94. The molecule has 2 N–H and O–H groups in total. The van der Waals surface area contributed by atoms with Crippen LogP contribution in [0.5, 0.6) is 0 Å². The van der Waals surface area contributed by atoms with E-state index in [4.69, 9.17) is 4.52 Å². The molecule has 0 saturated carbocycles. The van der Waals surface area contributed by atoms with E-state index in [0.717, 1.165) is 5.76 Å². The molecule has 0 bridgehead atoms. The summed E-state index contributed by atoms with van der Waals surface area (Å²) in [7, 11) is 0. The van der Waals surface area contributed by atoms with Gasteiger partial charge in [0.25, 0.3) is 0 Å². The number of hydrogen-bond donors (Lipinski definition) is 2. The van der Waals surface area contributed by atoms with E-state index in [-0.39, 0.29) is 11.4 Å². The van der Waals surface area contributed by atoms with Gasteiger partial charge in [-0.2, -0.15) is 0 Å². The quantitative estimate of drug-likeness (QED) is 0.772. The Kier molecular flexibility index (Phi) is 3.71. The van der Waals surface area contributed by atoms with Crippen molar-refractivity contribution in [3.05, 3.63) is 24.5 Å². The fraction of sp³-hybridized carbons (Fsp3) is 0.455. The highest BCUT2D eigenvalue weighted by Crippen LogP contribution is 2.24. The van der Waals surface area contributed by atoms with Gasteiger partial charge in [0, 0.05) is 18.0 Å². The minimum atomic E-state index is -0.325. The van der Waals surface area contributed by atoms with Gasteiger partial charge in [0.2, 0.25) is 0 Å². The van der Waals surface area contributed by atoms with Crippen LogP contribution in [0.2, 0.25) is 0 Å². The maximum atomic E-state index is 11.3. The molecule has 0 aromatic carbocycles. The Balaban J connectivity index is 2.59. The van der Waals surface area contributed by atoms with Crippen molar-refractivity contribution in [2.75, 3.05) is 11.9 Å². The molecule has 5 nitrogen and oxygen atoms in total. The van der Waals surface area contributed by atoms with Crippen LogP contribution in [0.1, 0.15) is 26.5 Å². The lowest BCUT2D eigenvalue weighted by atomic mass is 9.93. The average molecular weight is 223 g/mol. The first-order chi connectivity index (χ1) is 7.43. The smallest absolute Gasteiger partial charge is 0.320 e. The largest absolute Gasteiger partial charge is 0.359 e. The number of nitrogens with one attached hydrogen (secondary N) is 2. The van der Waals surface area contributed by atoms with Gasteiger partial charge >= 0.3 is 6.03 Å². The van der Waals surface area contributed by atoms with Gasteiger partial charge in [0.15, 0.2) is 5.82 Å². The topological polar surface area (TPSA) is 67.2 Å². The number of carbonyl (C=O) groups is 1. The lowest BCUT2D eigenvalue weighted by Gasteiger charge is -2.12. The van der Waals surface area contributed by atoms with Gasteiger partial charge in [-0.1, -0.05) is 32.0 Å². The summed E-state index contributed by atoms with van der Waals surface area (Å²) in [5, 5.41) is 8.90. The van der Waals surface area contributed by atoms with Crippen LogP contribution in [0.25, 0.3) is 0 Å². The summed E-state index contributed by atoms with van der Waals surface area (Å²) in [4.78, 5) is 11.3. The van der Waals surface area contributed by atoms with Crippen molar-refractivity contribution < 1.29 is 9.32 Å². The van der Waals surface area contributed by atoms with Crippen LogP contribution in [0.15, 0.2) is 23.2 Å². The Morgan fingerprint density at radius 3 is 2.81 bits per heavy atom. The Morgan fingerprint density at radius 1 is 1.62 bits per heavy atom. The third kappa shape index (κ3) is 3.42. The molecule has 1 rings (SSSR count). The molecule has 2 amide bonds. The van der Waals surface area contributed by atoms with Gasteiger partial charge in [-0.3, -0.25) is 5.32 Å². The molecule has 0 radical (unpaired) electrons. The van der Waals surface area contributed by atoms with Crippen LogP contribution in [-0.2, 0) is 5.41 Å². The van der Waals surface area contributed by atoms with Crippen molar-refractivity contribution in [1.82, 2.24) is 10.5 Å². The van der Waals surface area contributed by atoms with E-state index in [1.807, 2.05) is 20.8 Å². The number of nitrogens with zero attached hydrogens (tertiary/aromatic N) is 1. The van der Waals surface area contributed by atoms with E-state index in [9.17, 15) is 4.79 Å². The second-order valence-electron chi connectivity index (χ2n) is 4.45. The zero-order chi connectivity index (χ0) is 12.2. The highest BCUT2D eigenvalue weighted by Gasteiger charge is 2.20. The van der Waals surface area contributed by atoms with Crippen molar-refractivity contribution in [2.24, 2.45) is 0 Å². The third-order valence-corrected chi connectivity index (χ3v) is 1.90. The number of rotatable bonds is 3. The van der Waals surface area contributed by atoms with Crippen molar-refractivity contribution in [3.63, 3.8) is 0 Å². The van der Waals surface area contributed by atoms with Crippen molar-refractivity contribution in [1.29, 1.82) is 0 Å². The Morgan fingerprint density at radius 2 is 2.31 bits per heavy atom. The van der Waals surface area contributed by atoms with E-state index in [1.54, 1.807) is 12.1 Å². The van der Waals surface area contributed by atoms with Crippen molar-refractivity contribution >= 4 is 11.8 Å². The van der Waals surface area contributed by atoms with Crippen LogP contribution in [0, 0.1) is 0 Å². The van der Waals surface area contributed by atoms with Crippen LogP contribution in [0.3, 0.4) is 0 Å². The molecule has 0 aliphatic heterocycles. The minimum absolute atomic E-state index is 0.121. The predicted molar refractivity (Wildman–Crippen MR) is 62.4 cm³/mol. The lowest BCUT2D eigenvalue weighted by Crippen LogP contribution is -2.28. The summed E-state index contributed by atoms with van der Waals surface area (Å²) in [6.07, 6.45) is 1.60. The molecule has 1 aromatic rings. The number of aromatic nitrogens is 1. The molecular formula is C11H17N3O2. The average Bonchev–Trinajstić information content (AvgIpc) is 2.62. The zero-order valence-corrected chi connectivity index (χ0v) is 9.83. The molecular weight excluding hydrogens is 206 g/mol. The molecule has 0 atom stereocenters. The molecule has 16 heavy (non-hydrogen) atoms. The number of anilines is 1. The highest BCUT2D eigenvalue weighted by molar-refractivity contribution is 5.88. The molecule has 0 fully saturated rings. The molecule has 0 unspecified atom stereocenters. The Hall–Kier alpha value is -1.78. The first-order valence-corrected chi connectivity index (χ1v) is 5.06. The fourth-order valence-corrected chi connectivity index (χ4v) is 1.01. The Labute approximate surface area is 94.9 Å². The van der Waals surface area contributed by atoms with E-state index < -0.39 is 0 Å². The minimum Gasteiger partial charge on any atom is -0.359 e. The fourth-order valence-electron chi connectivity index (χ4n) is 1.01. The summed E-state index contributed by atoms with van der Waals surface area (Å²) in [5.41, 5.74) is -0.121. The van der Waals surface area contributed by atoms with E-state index in [1.165, 1.54) is 0 Å². The molecule has 0 aliphatic rings. The zero-order valence-electron chi connectivity index (χ0n) is 9.83. The van der Waals surface area contributed by atoms with Crippen LogP contribution >= 0.6 is 0 Å². The van der Waals surface area contributed by atoms with Gasteiger partial charge in [0.1, 0.15) is 5.76 Å². The number of carbonyl (C=O) groups excluding carboxylic acids is 1. The summed E-state index contributed by atoms with van der Waals surface area (Å²) in [5.74, 6) is 1.14. The number of amides is 2. The van der Waals surface area contributed by atoms with Gasteiger partial charge in [-0.05, 0) is 0 Å². The van der Waals surface area contributed by atoms with Crippen LogP contribution in [0.4, 0.5) is 10.6 Å². The lowest BCUT2D eigenvalue weighted by molar-refractivity contribution is 0.252. The van der Waals surface area contributed by atoms with Gasteiger partial charge in [0.05, 0.1) is 0 Å². The van der Waals surface area contributed by atoms with Crippen LogP contribution < -0.4 is 10.6 Å². The molecule has 0 spiro atoms. The maximum absolute atomic E-state index is 11.3. The molecule has 1 heterocycles. The molecule has 0 aliphatic carbocycles. The molecule has 5 heteroatoms. The maximum Gasteiger partial charge on any atom is 0.320 e. The first kappa shape index (κ1) is 12.3. The van der Waals surface area contributed by atoms with E-state index in [2.05, 4.69) is 22.4 Å². The Bertz CT molecular complexity index is 377. The molecule has 1 aromatic heterocycles. The normalized spacial score (nSPS) is 10.9. The van der Waals surface area contributed by atoms with Gasteiger partial charge in [-0.15, -0.1) is 6.58 Å². The van der Waals surface area contributed by atoms with E-state index >= 15 is 0 Å². The first-order valence-electron chi connectivity index (χ1n) is 5.06. The SMILES string of the molecule is C=CCNC(=O)Nc1cc(C(C)(C)C)on1. The summed E-state index contributed by atoms with van der Waals surface area (Å²) < 4.78 is 5.12. The molecule has 88 valence electrons. The third-order valence-electron chi connectivity index (χ3n) is 1.90. The number of hydrogen-bond acceptors (Lipinski definition) is 3. The molecule has 0 saturated heterocycles. The van der Waals surface area contributed by atoms with Crippen LogP contribution in [-0.4, -0.2) is 17.7 Å². The summed E-state index contributed by atoms with van der Waals surface area (Å²) in [6, 6.07) is 1.39. The second kappa shape index (κ2) is 4.83.